The molecule has 0 bridgehead atoms. The van der Waals surface area contributed by atoms with E-state index < -0.39 is 0 Å². The quantitative estimate of drug-likeness (QED) is 0.890. The fourth-order valence-electron chi connectivity index (χ4n) is 1.80. The van der Waals surface area contributed by atoms with Gasteiger partial charge in [0.2, 0.25) is 0 Å². The average Bonchev–Trinajstić information content (AvgIpc) is 2.72. The molecule has 96 valence electrons. The molecule has 0 unspecified atom stereocenters. The van der Waals surface area contributed by atoms with E-state index in [0.717, 1.165) is 16.7 Å². The van der Waals surface area contributed by atoms with Gasteiger partial charge in [0.15, 0.2) is 0 Å². The van der Waals surface area contributed by atoms with Crippen molar-refractivity contribution in [3.05, 3.63) is 44.6 Å². The lowest BCUT2D eigenvalue weighted by molar-refractivity contribution is 1.11. The van der Waals surface area contributed by atoms with Crippen LogP contribution in [0.2, 0.25) is 0 Å². The lowest BCUT2D eigenvalue weighted by Gasteiger charge is -2.18. The minimum atomic E-state index is 0.871. The Bertz CT molecular complexity index is 534. The number of nitrogens with zero attached hydrogens (tertiary/aromatic N) is 1. The van der Waals surface area contributed by atoms with E-state index in [1.807, 2.05) is 11.3 Å². The molecule has 1 N–H and O–H groups in total. The molecule has 0 saturated carbocycles. The molecule has 0 aliphatic heterocycles. The smallest absolute Gasteiger partial charge is 0.0597 e. The number of halogens is 1. The Morgan fingerprint density at radius 3 is 2.61 bits per heavy atom. The van der Waals surface area contributed by atoms with Crippen LogP contribution in [0.1, 0.15) is 9.75 Å². The molecule has 0 atom stereocenters. The van der Waals surface area contributed by atoms with E-state index >= 15 is 0 Å². The summed E-state index contributed by atoms with van der Waals surface area (Å²) in [5.41, 5.74) is 2.35. The molecule has 0 aliphatic rings. The van der Waals surface area contributed by atoms with Crippen molar-refractivity contribution >= 4 is 38.6 Å². The first-order chi connectivity index (χ1) is 8.56. The zero-order valence-corrected chi connectivity index (χ0v) is 13.2. The van der Waals surface area contributed by atoms with Gasteiger partial charge >= 0.3 is 0 Å². The third-order valence-corrected chi connectivity index (χ3v) is 4.18. The molecule has 0 aliphatic carbocycles. The van der Waals surface area contributed by atoms with Gasteiger partial charge in [0.05, 0.1) is 11.4 Å². The summed E-state index contributed by atoms with van der Waals surface area (Å²) < 4.78 is 1.10. The van der Waals surface area contributed by atoms with Crippen molar-refractivity contribution in [2.45, 2.75) is 13.5 Å². The monoisotopic (exact) mass is 324 g/mol. The molecule has 1 heterocycles. The second-order valence-electron chi connectivity index (χ2n) is 4.42. The molecule has 0 fully saturated rings. The first-order valence-electron chi connectivity index (χ1n) is 5.82. The van der Waals surface area contributed by atoms with E-state index in [0.29, 0.717) is 0 Å². The van der Waals surface area contributed by atoms with Gasteiger partial charge in [0, 0.05) is 34.9 Å². The standard InChI is InChI=1S/C14H17BrN2S/c1-10-4-6-12(18-10)9-16-13-8-11(15)5-7-14(13)17(2)3/h4-8,16H,9H2,1-3H3. The Kier molecular flexibility index (Phi) is 4.30. The number of benzene rings is 1. The van der Waals surface area contributed by atoms with Crippen molar-refractivity contribution < 1.29 is 0 Å². The number of aryl methyl sites for hydroxylation is 1. The van der Waals surface area contributed by atoms with Crippen molar-refractivity contribution in [2.24, 2.45) is 0 Å². The van der Waals surface area contributed by atoms with E-state index in [-0.39, 0.29) is 0 Å². The summed E-state index contributed by atoms with van der Waals surface area (Å²) in [4.78, 5) is 4.83. The average molecular weight is 325 g/mol. The van der Waals surface area contributed by atoms with Gasteiger partial charge in [-0.2, -0.15) is 0 Å². The molecule has 0 saturated heterocycles. The predicted octanol–water partition coefficient (Wildman–Crippen LogP) is 4.50. The van der Waals surface area contributed by atoms with Crippen molar-refractivity contribution in [1.29, 1.82) is 0 Å². The summed E-state index contributed by atoms with van der Waals surface area (Å²) in [6.07, 6.45) is 0. The molecule has 1 aromatic carbocycles. The number of rotatable bonds is 4. The number of hydrogen-bond donors (Lipinski definition) is 1. The van der Waals surface area contributed by atoms with Gasteiger partial charge in [0.1, 0.15) is 0 Å². The van der Waals surface area contributed by atoms with Crippen LogP contribution in [0, 0.1) is 6.92 Å². The van der Waals surface area contributed by atoms with E-state index in [4.69, 9.17) is 0 Å². The highest BCUT2D eigenvalue weighted by Gasteiger charge is 2.05. The molecular weight excluding hydrogens is 308 g/mol. The second-order valence-corrected chi connectivity index (χ2v) is 6.71. The van der Waals surface area contributed by atoms with E-state index in [9.17, 15) is 0 Å². The van der Waals surface area contributed by atoms with Gasteiger partial charge < -0.3 is 10.2 Å². The largest absolute Gasteiger partial charge is 0.378 e. The maximum absolute atomic E-state index is 3.52. The molecule has 0 radical (unpaired) electrons. The summed E-state index contributed by atoms with van der Waals surface area (Å²) in [5.74, 6) is 0. The lowest BCUT2D eigenvalue weighted by atomic mass is 10.2. The molecular formula is C14H17BrN2S. The summed E-state index contributed by atoms with van der Waals surface area (Å²) in [6, 6.07) is 10.6. The SMILES string of the molecule is Cc1ccc(CNc2cc(Br)ccc2N(C)C)s1. The highest BCUT2D eigenvalue weighted by Crippen LogP contribution is 2.29. The van der Waals surface area contributed by atoms with E-state index in [2.05, 4.69) is 77.5 Å². The Hall–Kier alpha value is -1.00. The molecule has 2 nitrogen and oxygen atoms in total. The Morgan fingerprint density at radius 2 is 2.00 bits per heavy atom. The highest BCUT2D eigenvalue weighted by atomic mass is 79.9. The van der Waals surface area contributed by atoms with Gasteiger partial charge in [-0.25, -0.2) is 0 Å². The van der Waals surface area contributed by atoms with Crippen molar-refractivity contribution in [3.8, 4) is 0 Å². The zero-order chi connectivity index (χ0) is 13.1. The number of hydrogen-bond acceptors (Lipinski definition) is 3. The topological polar surface area (TPSA) is 15.3 Å². The predicted molar refractivity (Wildman–Crippen MR) is 84.9 cm³/mol. The number of nitrogens with one attached hydrogen (secondary N) is 1. The molecule has 2 aromatic rings. The van der Waals surface area contributed by atoms with Crippen LogP contribution in [0.5, 0.6) is 0 Å². The Labute approximate surface area is 121 Å². The van der Waals surface area contributed by atoms with Crippen LogP contribution in [0.25, 0.3) is 0 Å². The number of thiophene rings is 1. The van der Waals surface area contributed by atoms with Crippen LogP contribution in [-0.2, 0) is 6.54 Å². The second kappa shape index (κ2) is 5.76. The van der Waals surface area contributed by atoms with Crippen LogP contribution in [0.4, 0.5) is 11.4 Å². The molecule has 18 heavy (non-hydrogen) atoms. The first kappa shape index (κ1) is 13.4. The van der Waals surface area contributed by atoms with Crippen molar-refractivity contribution in [2.75, 3.05) is 24.3 Å². The van der Waals surface area contributed by atoms with Crippen molar-refractivity contribution in [1.82, 2.24) is 0 Å². The molecule has 1 aromatic heterocycles. The number of anilines is 2. The van der Waals surface area contributed by atoms with E-state index in [1.165, 1.54) is 15.4 Å². The minimum Gasteiger partial charge on any atom is -0.378 e. The Balaban J connectivity index is 2.15. The van der Waals surface area contributed by atoms with Gasteiger partial charge in [-0.15, -0.1) is 11.3 Å². The third-order valence-electron chi connectivity index (χ3n) is 2.69. The zero-order valence-electron chi connectivity index (χ0n) is 10.8. The van der Waals surface area contributed by atoms with Gasteiger partial charge in [-0.1, -0.05) is 15.9 Å². The molecule has 2 rings (SSSR count). The lowest BCUT2D eigenvalue weighted by Crippen LogP contribution is -2.12. The summed E-state index contributed by atoms with van der Waals surface area (Å²) in [7, 11) is 4.12. The fourth-order valence-corrected chi connectivity index (χ4v) is 2.99. The first-order valence-corrected chi connectivity index (χ1v) is 7.43. The van der Waals surface area contributed by atoms with Crippen LogP contribution >= 0.6 is 27.3 Å². The summed E-state index contributed by atoms with van der Waals surface area (Å²) >= 11 is 5.36. The van der Waals surface area contributed by atoms with E-state index in [1.54, 1.807) is 0 Å². The maximum Gasteiger partial charge on any atom is 0.0597 e. The molecule has 0 amide bonds. The summed E-state index contributed by atoms with van der Waals surface area (Å²) in [5, 5.41) is 3.50. The highest BCUT2D eigenvalue weighted by molar-refractivity contribution is 9.10. The third kappa shape index (κ3) is 3.27. The van der Waals surface area contributed by atoms with Crippen LogP contribution in [0.15, 0.2) is 34.8 Å². The maximum atomic E-state index is 3.52. The van der Waals surface area contributed by atoms with Gasteiger partial charge in [-0.05, 0) is 37.3 Å². The van der Waals surface area contributed by atoms with Crippen LogP contribution in [-0.4, -0.2) is 14.1 Å². The Morgan fingerprint density at radius 1 is 1.22 bits per heavy atom. The van der Waals surface area contributed by atoms with Crippen LogP contribution in [0.3, 0.4) is 0 Å². The minimum absolute atomic E-state index is 0.871. The van der Waals surface area contributed by atoms with Crippen LogP contribution < -0.4 is 10.2 Å². The molecule has 4 heteroatoms. The fraction of sp³-hybridized carbons (Fsp3) is 0.286. The van der Waals surface area contributed by atoms with Gasteiger partial charge in [-0.3, -0.25) is 0 Å². The van der Waals surface area contributed by atoms with Crippen molar-refractivity contribution in [3.63, 3.8) is 0 Å². The van der Waals surface area contributed by atoms with Gasteiger partial charge in [0.25, 0.3) is 0 Å². The molecule has 0 spiro atoms. The summed E-state index contributed by atoms with van der Waals surface area (Å²) in [6.45, 7) is 3.01. The normalized spacial score (nSPS) is 10.4.